The molecule has 2 aromatic carbocycles. The molecule has 0 aliphatic rings. The topological polar surface area (TPSA) is 84.6 Å². The van der Waals surface area contributed by atoms with Crippen LogP contribution >= 0.6 is 0 Å². The first-order valence-electron chi connectivity index (χ1n) is 6.96. The van der Waals surface area contributed by atoms with Gasteiger partial charge in [-0.15, -0.1) is 0 Å². The van der Waals surface area contributed by atoms with Gasteiger partial charge in [-0.3, -0.25) is 4.99 Å². The summed E-state index contributed by atoms with van der Waals surface area (Å²) in [6.45, 7) is 0.329. The van der Waals surface area contributed by atoms with E-state index in [9.17, 15) is 5.11 Å². The highest BCUT2D eigenvalue weighted by Gasteiger charge is 2.04. The lowest BCUT2D eigenvalue weighted by Gasteiger charge is -2.07. The van der Waals surface area contributed by atoms with Crippen molar-refractivity contribution in [3.05, 3.63) is 53.7 Å². The SMILES string of the molecule is CN=C(/C=C(\N)CN)CCc1cc(O)c2ccccc2c1. The van der Waals surface area contributed by atoms with E-state index in [4.69, 9.17) is 11.5 Å². The van der Waals surface area contributed by atoms with Gasteiger partial charge < -0.3 is 16.6 Å². The Bertz CT molecular complexity index is 689. The largest absolute Gasteiger partial charge is 0.507 e. The summed E-state index contributed by atoms with van der Waals surface area (Å²) in [4.78, 5) is 4.22. The fourth-order valence-corrected chi connectivity index (χ4v) is 2.29. The number of aromatic hydroxyl groups is 1. The van der Waals surface area contributed by atoms with Crippen LogP contribution in [0.5, 0.6) is 5.75 Å². The van der Waals surface area contributed by atoms with Gasteiger partial charge in [0.05, 0.1) is 0 Å². The molecule has 0 aliphatic carbocycles. The van der Waals surface area contributed by atoms with Crippen LogP contribution in [0.25, 0.3) is 10.8 Å². The van der Waals surface area contributed by atoms with Gasteiger partial charge in [-0.05, 0) is 35.9 Å². The fourth-order valence-electron chi connectivity index (χ4n) is 2.29. The van der Waals surface area contributed by atoms with Crippen molar-refractivity contribution in [2.45, 2.75) is 12.8 Å². The molecule has 0 aromatic heterocycles. The third-order valence-electron chi connectivity index (χ3n) is 3.44. The maximum Gasteiger partial charge on any atom is 0.123 e. The first-order valence-corrected chi connectivity index (χ1v) is 6.96. The Balaban J connectivity index is 2.17. The smallest absolute Gasteiger partial charge is 0.123 e. The Hall–Kier alpha value is -2.33. The second-order valence-electron chi connectivity index (χ2n) is 4.97. The van der Waals surface area contributed by atoms with E-state index in [2.05, 4.69) is 11.1 Å². The highest BCUT2D eigenvalue weighted by Crippen LogP contribution is 2.26. The van der Waals surface area contributed by atoms with E-state index in [1.54, 1.807) is 7.05 Å². The van der Waals surface area contributed by atoms with E-state index in [1.165, 1.54) is 0 Å². The summed E-state index contributed by atoms with van der Waals surface area (Å²) in [5, 5.41) is 12.0. The van der Waals surface area contributed by atoms with Gasteiger partial charge >= 0.3 is 0 Å². The quantitative estimate of drug-likeness (QED) is 0.736. The van der Waals surface area contributed by atoms with Crippen LogP contribution < -0.4 is 11.5 Å². The zero-order chi connectivity index (χ0) is 15.2. The third-order valence-corrected chi connectivity index (χ3v) is 3.44. The molecule has 2 aromatic rings. The summed E-state index contributed by atoms with van der Waals surface area (Å²) in [5.74, 6) is 0.315. The number of phenolic OH excluding ortho intramolecular Hbond substituents is 1. The molecule has 0 atom stereocenters. The molecule has 0 amide bonds. The molecule has 5 N–H and O–H groups in total. The lowest BCUT2D eigenvalue weighted by atomic mass is 10.0. The Morgan fingerprint density at radius 2 is 2.05 bits per heavy atom. The Labute approximate surface area is 124 Å². The van der Waals surface area contributed by atoms with E-state index in [-0.39, 0.29) is 0 Å². The molecule has 0 saturated heterocycles. The van der Waals surface area contributed by atoms with Gasteiger partial charge in [-0.1, -0.05) is 30.3 Å². The van der Waals surface area contributed by atoms with Crippen molar-refractivity contribution in [3.8, 4) is 5.75 Å². The number of phenols is 1. The number of fused-ring (bicyclic) bond motifs is 1. The normalized spacial score (nSPS) is 12.9. The van der Waals surface area contributed by atoms with Crippen LogP contribution in [0.15, 0.2) is 53.2 Å². The molecule has 0 aliphatic heterocycles. The van der Waals surface area contributed by atoms with Crippen LogP contribution in [-0.2, 0) is 6.42 Å². The summed E-state index contributed by atoms with van der Waals surface area (Å²) < 4.78 is 0. The minimum absolute atomic E-state index is 0.315. The van der Waals surface area contributed by atoms with Crippen molar-refractivity contribution < 1.29 is 5.11 Å². The molecule has 0 unspecified atom stereocenters. The fraction of sp³-hybridized carbons (Fsp3) is 0.235. The summed E-state index contributed by atoms with van der Waals surface area (Å²) in [6, 6.07) is 11.7. The van der Waals surface area contributed by atoms with Crippen LogP contribution in [0, 0.1) is 0 Å². The number of allylic oxidation sites excluding steroid dienone is 1. The molecule has 0 bridgehead atoms. The Morgan fingerprint density at radius 1 is 1.29 bits per heavy atom. The minimum Gasteiger partial charge on any atom is -0.507 e. The van der Waals surface area contributed by atoms with Gasteiger partial charge in [0.15, 0.2) is 0 Å². The predicted molar refractivity (Wildman–Crippen MR) is 88.6 cm³/mol. The molecule has 0 saturated carbocycles. The van der Waals surface area contributed by atoms with Gasteiger partial charge in [-0.2, -0.15) is 0 Å². The zero-order valence-corrected chi connectivity index (χ0v) is 12.2. The maximum absolute atomic E-state index is 10.1. The standard InChI is InChI=1S/C17H21N3O/c1-20-15(10-14(19)11-18)7-6-12-8-13-4-2-3-5-16(13)17(21)9-12/h2-5,8-10,21H,6-7,11,18-19H2,1H3/b14-10-,20-15?. The molecule has 4 heteroatoms. The van der Waals surface area contributed by atoms with Crippen LogP contribution in [0.2, 0.25) is 0 Å². The predicted octanol–water partition coefficient (Wildman–Crippen LogP) is 2.35. The molecular formula is C17H21N3O. The van der Waals surface area contributed by atoms with E-state index < -0.39 is 0 Å². The molecule has 21 heavy (non-hydrogen) atoms. The van der Waals surface area contributed by atoms with Crippen LogP contribution in [0.3, 0.4) is 0 Å². The first-order chi connectivity index (χ1) is 10.1. The highest BCUT2D eigenvalue weighted by molar-refractivity contribution is 5.95. The number of nitrogens with zero attached hydrogens (tertiary/aromatic N) is 1. The van der Waals surface area contributed by atoms with Gasteiger partial charge in [0.1, 0.15) is 5.75 Å². The van der Waals surface area contributed by atoms with Gasteiger partial charge in [-0.25, -0.2) is 0 Å². The molecule has 2 rings (SSSR count). The summed E-state index contributed by atoms with van der Waals surface area (Å²) in [7, 11) is 1.74. The molecule has 4 nitrogen and oxygen atoms in total. The molecule has 0 heterocycles. The highest BCUT2D eigenvalue weighted by atomic mass is 16.3. The summed E-state index contributed by atoms with van der Waals surface area (Å²) in [6.07, 6.45) is 3.37. The number of rotatable bonds is 5. The molecule has 0 spiro atoms. The first kappa shape index (κ1) is 15.1. The number of nitrogens with two attached hydrogens (primary N) is 2. The summed E-state index contributed by atoms with van der Waals surface area (Å²) in [5.41, 5.74) is 13.8. The minimum atomic E-state index is 0.315. The average Bonchev–Trinajstić information content (AvgIpc) is 2.51. The van der Waals surface area contributed by atoms with Crippen molar-refractivity contribution >= 4 is 16.5 Å². The number of hydrogen-bond acceptors (Lipinski definition) is 4. The monoisotopic (exact) mass is 283 g/mol. The van der Waals surface area contributed by atoms with E-state index in [1.807, 2.05) is 36.4 Å². The van der Waals surface area contributed by atoms with E-state index >= 15 is 0 Å². The van der Waals surface area contributed by atoms with E-state index in [0.29, 0.717) is 18.0 Å². The van der Waals surface area contributed by atoms with Gasteiger partial charge in [0.2, 0.25) is 0 Å². The lowest BCUT2D eigenvalue weighted by molar-refractivity contribution is 0.481. The van der Waals surface area contributed by atoms with Crippen molar-refractivity contribution in [1.82, 2.24) is 0 Å². The van der Waals surface area contributed by atoms with Crippen molar-refractivity contribution in [2.75, 3.05) is 13.6 Å². The number of benzene rings is 2. The number of hydrogen-bond donors (Lipinski definition) is 3. The Morgan fingerprint density at radius 3 is 2.76 bits per heavy atom. The second kappa shape index (κ2) is 6.90. The maximum atomic E-state index is 10.1. The second-order valence-corrected chi connectivity index (χ2v) is 4.97. The van der Waals surface area contributed by atoms with Gasteiger partial charge in [0.25, 0.3) is 0 Å². The summed E-state index contributed by atoms with van der Waals surface area (Å²) >= 11 is 0. The van der Waals surface area contributed by atoms with Crippen LogP contribution in [0.1, 0.15) is 12.0 Å². The van der Waals surface area contributed by atoms with E-state index in [0.717, 1.165) is 34.9 Å². The van der Waals surface area contributed by atoms with Crippen LogP contribution in [-0.4, -0.2) is 24.4 Å². The zero-order valence-electron chi connectivity index (χ0n) is 12.2. The van der Waals surface area contributed by atoms with Crippen molar-refractivity contribution in [1.29, 1.82) is 0 Å². The molecule has 110 valence electrons. The van der Waals surface area contributed by atoms with Crippen molar-refractivity contribution in [3.63, 3.8) is 0 Å². The van der Waals surface area contributed by atoms with Crippen molar-refractivity contribution in [2.24, 2.45) is 16.5 Å². The Kier molecular flexibility index (Phi) is 4.95. The molecule has 0 radical (unpaired) electrons. The molecular weight excluding hydrogens is 262 g/mol. The van der Waals surface area contributed by atoms with Gasteiger partial charge in [0, 0.05) is 30.4 Å². The average molecular weight is 283 g/mol. The third kappa shape index (κ3) is 3.83. The number of aliphatic imine (C=N–C) groups is 1. The lowest BCUT2D eigenvalue weighted by Crippen LogP contribution is -2.13. The van der Waals surface area contributed by atoms with Crippen LogP contribution in [0.4, 0.5) is 0 Å². The molecule has 0 fully saturated rings. The number of aryl methyl sites for hydroxylation is 1.